The van der Waals surface area contributed by atoms with Crippen LogP contribution in [-0.2, 0) is 8.98 Å². The first-order valence-corrected chi connectivity index (χ1v) is 41.4. The Hall–Kier alpha value is -14.2. The summed E-state index contributed by atoms with van der Waals surface area (Å²) in [6.07, 6.45) is 0.623. The van der Waals surface area contributed by atoms with Gasteiger partial charge in [0.15, 0.2) is 0 Å². The number of carbonyl (C=O) groups is 1. The molecule has 0 aliphatic rings. The van der Waals surface area contributed by atoms with Crippen LogP contribution in [0.15, 0.2) is 433 Å². The summed E-state index contributed by atoms with van der Waals surface area (Å²) < 4.78 is 9.17. The van der Waals surface area contributed by atoms with Crippen LogP contribution in [0.2, 0.25) is 0 Å². The van der Waals surface area contributed by atoms with Gasteiger partial charge in [0, 0.05) is 21.1 Å². The molecule has 0 unspecified atom stereocenters. The highest BCUT2D eigenvalue weighted by atomic mass is 32.3. The van der Waals surface area contributed by atoms with Gasteiger partial charge in [0.25, 0.3) is 0 Å². The van der Waals surface area contributed by atoms with Crippen molar-refractivity contribution in [3.8, 4) is 100 Å². The number of carbonyl (C=O) groups excluding carboxylic acids is 1. The van der Waals surface area contributed by atoms with E-state index >= 15 is 4.79 Å². The van der Waals surface area contributed by atoms with E-state index in [4.69, 9.17) is 0 Å². The molecule has 542 valence electrons. The van der Waals surface area contributed by atoms with Crippen molar-refractivity contribution >= 4 is 113 Å². The molecule has 0 saturated heterocycles. The van der Waals surface area contributed by atoms with E-state index in [0.717, 1.165) is 212 Å². The molecule has 0 radical (unpaired) electrons. The van der Waals surface area contributed by atoms with Gasteiger partial charge in [0.05, 0.1) is 0 Å². The predicted molar refractivity (Wildman–Crippen MR) is 489 cm³/mol. The van der Waals surface area contributed by atoms with Gasteiger partial charge in [0.2, 0.25) is 0 Å². The maximum absolute atomic E-state index is 17.8. The molecule has 0 atom stereocenters. The van der Waals surface area contributed by atoms with Crippen molar-refractivity contribution in [3.05, 3.63) is 419 Å². The number of benzene rings is 21. The average Bonchev–Trinajstić information content (AvgIpc) is 0.681. The Morgan fingerprint density at radius 3 is 0.539 bits per heavy atom. The van der Waals surface area contributed by atoms with Crippen LogP contribution >= 0.6 is 10.3 Å². The van der Waals surface area contributed by atoms with E-state index in [1.165, 1.54) is 0 Å². The fourth-order valence-corrected chi connectivity index (χ4v) is 22.6. The number of hydrogen-bond acceptors (Lipinski definition) is 2. The first-order chi connectivity index (χ1) is 56.9. The smallest absolute Gasteiger partial charge is 0.317 e. The van der Waals surface area contributed by atoms with E-state index in [-0.39, 0.29) is 12.4 Å². The van der Waals surface area contributed by atoms with Gasteiger partial charge < -0.3 is 4.18 Å². The third kappa shape index (κ3) is 11.8. The van der Waals surface area contributed by atoms with Crippen molar-refractivity contribution in [2.24, 2.45) is 0 Å². The Bertz CT molecular complexity index is 6470. The monoisotopic (exact) mass is 1480 g/mol. The molecule has 0 heterocycles. The molecule has 0 aromatic heterocycles. The Morgan fingerprint density at radius 1 is 0.200 bits per heavy atom. The lowest BCUT2D eigenvalue weighted by molar-refractivity contribution is -0.133. The maximum Gasteiger partial charge on any atom is 0.317 e. The number of rotatable bonds is 15. The minimum Gasteiger partial charge on any atom is -0.402 e. The van der Waals surface area contributed by atoms with Gasteiger partial charge in [-0.3, -0.25) is 4.79 Å². The number of fused-ring (bicyclic) bond motifs is 9. The molecule has 3 heteroatoms. The van der Waals surface area contributed by atoms with Crippen LogP contribution < -0.4 is 0 Å². The zero-order valence-corrected chi connectivity index (χ0v) is 64.3. The first kappa shape index (κ1) is 68.8. The van der Waals surface area contributed by atoms with E-state index in [1.54, 1.807) is 0 Å². The van der Waals surface area contributed by atoms with E-state index in [9.17, 15) is 4.18 Å². The molecular weight excluding hydrogens is 1410 g/mol. The normalized spacial score (nSPS) is 11.9. The van der Waals surface area contributed by atoms with Gasteiger partial charge >= 0.3 is 5.97 Å². The van der Waals surface area contributed by atoms with E-state index in [2.05, 4.69) is 426 Å². The lowest BCUT2D eigenvalue weighted by Crippen LogP contribution is -2.19. The van der Waals surface area contributed by atoms with Crippen LogP contribution in [0.3, 0.4) is 0 Å². The highest BCUT2D eigenvalue weighted by molar-refractivity contribution is 8.30. The second kappa shape index (κ2) is 28.8. The van der Waals surface area contributed by atoms with Crippen molar-refractivity contribution in [1.82, 2.24) is 0 Å². The highest BCUT2D eigenvalue weighted by Crippen LogP contribution is 2.80. The Labute approximate surface area is 670 Å². The molecular formula is C112H76O2S. The molecule has 2 nitrogen and oxygen atoms in total. The number of hydrogen-bond donors (Lipinski definition) is 0. The van der Waals surface area contributed by atoms with Crippen LogP contribution in [0.1, 0.15) is 19.8 Å². The van der Waals surface area contributed by atoms with Gasteiger partial charge in [0.1, 0.15) is 0 Å². The second-order valence-electron chi connectivity index (χ2n) is 30.2. The standard InChI is InChI=1S/C112H76O2S/c1-2-30-109(113)114-115(110-103(97-61-24-43-76-34-6-15-52-88(76)97)67-82(94-58-21-40-73-31-3-12-49-85(73)94)68-104(110)98-62-25-44-77-35-7-16-53-89(77)98,111-105(99-63-26-45-78-36-8-17-54-90(78)99)69-83(95-59-22-41-74-32-4-13-50-86(74)95)70-106(111)100-64-27-46-79-37-9-18-55-91(79)100)112-107(101-65-28-47-80-38-10-19-56-92(80)101)71-84(96-60-23-42-75-33-5-14-51-87(75)96)72-108(112)102-66-29-48-81-39-11-20-57-93(81)102/h3-29,31-72H,2,30H2,1H3. The minimum atomic E-state index is -4.01. The van der Waals surface area contributed by atoms with Crippen molar-refractivity contribution in [1.29, 1.82) is 0 Å². The second-order valence-corrected chi connectivity index (χ2v) is 32.7. The summed E-state index contributed by atoms with van der Waals surface area (Å²) in [6, 6.07) is 156. The SMILES string of the molecule is CCCC(=O)OS(c1c(-c2cccc3ccccc23)cc(-c2cccc3ccccc23)cc1-c1cccc2ccccc12)(c1c(-c2cccc3ccccc23)cc(-c2cccc3ccccc23)cc1-c1cccc2ccccc12)c1c(-c2cccc3ccccc23)cc(-c2cccc3ccccc23)cc1-c1cccc2ccccc12. The molecule has 115 heavy (non-hydrogen) atoms. The summed E-state index contributed by atoms with van der Waals surface area (Å²) in [5.41, 5.74) is 17.9. The van der Waals surface area contributed by atoms with Gasteiger partial charge in [-0.2, -0.15) is 0 Å². The van der Waals surface area contributed by atoms with Crippen LogP contribution in [-0.4, -0.2) is 5.97 Å². The Balaban J connectivity index is 1.12. The molecule has 21 aromatic rings. The van der Waals surface area contributed by atoms with Crippen LogP contribution in [0.4, 0.5) is 0 Å². The summed E-state index contributed by atoms with van der Waals surface area (Å²) in [5.74, 6) is -0.319. The summed E-state index contributed by atoms with van der Waals surface area (Å²) in [4.78, 5) is 20.5. The van der Waals surface area contributed by atoms with Crippen LogP contribution in [0.25, 0.3) is 197 Å². The zero-order valence-electron chi connectivity index (χ0n) is 63.5. The fourth-order valence-electron chi connectivity index (χ4n) is 18.5. The molecule has 0 spiro atoms. The minimum absolute atomic E-state index is 0.110. The molecule has 0 aliphatic heterocycles. The van der Waals surface area contributed by atoms with Crippen LogP contribution in [0.5, 0.6) is 0 Å². The Kier molecular flexibility index (Phi) is 17.2. The summed E-state index contributed by atoms with van der Waals surface area (Å²) in [6.45, 7) is 2.12. The molecule has 0 fully saturated rings. The van der Waals surface area contributed by atoms with Crippen LogP contribution in [0, 0.1) is 0 Å². The maximum atomic E-state index is 17.8. The lowest BCUT2D eigenvalue weighted by Gasteiger charge is -2.47. The molecule has 0 amide bonds. The van der Waals surface area contributed by atoms with Crippen molar-refractivity contribution in [3.63, 3.8) is 0 Å². The highest BCUT2D eigenvalue weighted by Gasteiger charge is 2.48. The van der Waals surface area contributed by atoms with Gasteiger partial charge in [-0.25, -0.2) is 0 Å². The average molecular weight is 1490 g/mol. The third-order valence-electron chi connectivity index (χ3n) is 23.6. The fraction of sp³-hybridized carbons (Fsp3) is 0.0268. The van der Waals surface area contributed by atoms with Gasteiger partial charge in [-0.15, -0.1) is 0 Å². The summed E-state index contributed by atoms with van der Waals surface area (Å²) in [7, 11) is -4.01. The zero-order chi connectivity index (χ0) is 76.5. The van der Waals surface area contributed by atoms with Gasteiger partial charge in [-0.05, 0) is 250 Å². The van der Waals surface area contributed by atoms with Crippen molar-refractivity contribution in [2.45, 2.75) is 34.5 Å². The topological polar surface area (TPSA) is 26.3 Å². The summed E-state index contributed by atoms with van der Waals surface area (Å²) >= 11 is 0. The third-order valence-corrected chi connectivity index (χ3v) is 27.1. The van der Waals surface area contributed by atoms with E-state index in [1.807, 2.05) is 0 Å². The molecule has 0 aliphatic carbocycles. The quantitative estimate of drug-likeness (QED) is 0.102. The van der Waals surface area contributed by atoms with E-state index in [0.29, 0.717) is 6.42 Å². The molecule has 0 saturated carbocycles. The molecule has 0 bridgehead atoms. The molecule has 21 rings (SSSR count). The predicted octanol–water partition coefficient (Wildman–Crippen LogP) is 31.6. The van der Waals surface area contributed by atoms with Gasteiger partial charge in [-0.1, -0.05) is 389 Å². The van der Waals surface area contributed by atoms with Crippen molar-refractivity contribution in [2.75, 3.05) is 0 Å². The Morgan fingerprint density at radius 2 is 0.357 bits per heavy atom. The lowest BCUT2D eigenvalue weighted by atomic mass is 9.88. The molecule has 0 N–H and O–H groups in total. The molecule has 21 aromatic carbocycles. The first-order valence-electron chi connectivity index (χ1n) is 39.9. The largest absolute Gasteiger partial charge is 0.402 e. The van der Waals surface area contributed by atoms with Crippen molar-refractivity contribution < 1.29 is 8.98 Å². The van der Waals surface area contributed by atoms with E-state index < -0.39 is 10.3 Å². The summed E-state index contributed by atoms with van der Waals surface area (Å²) in [5, 5.41) is 19.6.